The summed E-state index contributed by atoms with van der Waals surface area (Å²) in [5.74, 6) is 2.99. The summed E-state index contributed by atoms with van der Waals surface area (Å²) in [6, 6.07) is 4.13. The van der Waals surface area contributed by atoms with Crippen molar-refractivity contribution in [3.8, 4) is 0 Å². The maximum absolute atomic E-state index is 5.96. The molecule has 2 heterocycles. The van der Waals surface area contributed by atoms with E-state index in [0.29, 0.717) is 12.5 Å². The van der Waals surface area contributed by atoms with E-state index < -0.39 is 0 Å². The SMILES string of the molecule is NC(=NCc1ccc(Br)s1)N1CCSCC1. The minimum absolute atomic E-state index is 0.685. The molecule has 88 valence electrons. The first-order chi connectivity index (χ1) is 7.75. The molecule has 16 heavy (non-hydrogen) atoms. The first kappa shape index (κ1) is 12.3. The molecular weight excluding hydrogens is 306 g/mol. The molecule has 0 spiro atoms. The van der Waals surface area contributed by atoms with Crippen LogP contribution in [0.15, 0.2) is 20.9 Å². The van der Waals surface area contributed by atoms with E-state index in [0.717, 1.165) is 28.4 Å². The lowest BCUT2D eigenvalue weighted by molar-refractivity contribution is 0.456. The molecule has 1 aliphatic rings. The van der Waals surface area contributed by atoms with E-state index in [1.165, 1.54) is 4.88 Å². The van der Waals surface area contributed by atoms with E-state index in [1.807, 2.05) is 17.8 Å². The van der Waals surface area contributed by atoms with Gasteiger partial charge < -0.3 is 10.6 Å². The average Bonchev–Trinajstić information content (AvgIpc) is 2.73. The standard InChI is InChI=1S/C10H14BrN3S2/c11-9-2-1-8(16-9)7-13-10(12)14-3-5-15-6-4-14/h1-2H,3-7H2,(H2,12,13). The lowest BCUT2D eigenvalue weighted by Gasteiger charge is -2.27. The fourth-order valence-electron chi connectivity index (χ4n) is 1.49. The molecule has 1 aliphatic heterocycles. The van der Waals surface area contributed by atoms with Crippen molar-refractivity contribution in [3.63, 3.8) is 0 Å². The maximum atomic E-state index is 5.96. The fourth-order valence-corrected chi connectivity index (χ4v) is 3.80. The molecule has 1 fully saturated rings. The van der Waals surface area contributed by atoms with Gasteiger partial charge in [0.15, 0.2) is 5.96 Å². The van der Waals surface area contributed by atoms with E-state index in [-0.39, 0.29) is 0 Å². The zero-order chi connectivity index (χ0) is 11.4. The number of nitrogens with zero attached hydrogens (tertiary/aromatic N) is 2. The van der Waals surface area contributed by atoms with Crippen LogP contribution in [0.2, 0.25) is 0 Å². The van der Waals surface area contributed by atoms with Crippen LogP contribution in [0.1, 0.15) is 4.88 Å². The minimum atomic E-state index is 0.685. The third-order valence-corrected chi connectivity index (χ3v) is 4.91. The van der Waals surface area contributed by atoms with Crippen LogP contribution in [-0.2, 0) is 6.54 Å². The molecule has 0 unspecified atom stereocenters. The van der Waals surface area contributed by atoms with Crippen molar-refractivity contribution in [2.75, 3.05) is 24.6 Å². The van der Waals surface area contributed by atoms with E-state index >= 15 is 0 Å². The van der Waals surface area contributed by atoms with Crippen molar-refractivity contribution in [1.29, 1.82) is 0 Å². The zero-order valence-electron chi connectivity index (χ0n) is 8.86. The van der Waals surface area contributed by atoms with Gasteiger partial charge in [-0.2, -0.15) is 11.8 Å². The molecule has 6 heteroatoms. The van der Waals surface area contributed by atoms with Crippen molar-refractivity contribution in [2.45, 2.75) is 6.54 Å². The number of halogens is 1. The summed E-state index contributed by atoms with van der Waals surface area (Å²) in [5, 5.41) is 0. The molecule has 0 amide bonds. The molecule has 0 aliphatic carbocycles. The Morgan fingerprint density at radius 3 is 2.81 bits per heavy atom. The molecule has 0 saturated carbocycles. The van der Waals surface area contributed by atoms with Crippen LogP contribution in [0.25, 0.3) is 0 Å². The fraction of sp³-hybridized carbons (Fsp3) is 0.500. The molecule has 2 rings (SSSR count). The van der Waals surface area contributed by atoms with E-state index in [2.05, 4.69) is 31.9 Å². The van der Waals surface area contributed by atoms with Gasteiger partial charge in [-0.1, -0.05) is 0 Å². The van der Waals surface area contributed by atoms with Crippen LogP contribution in [-0.4, -0.2) is 35.5 Å². The quantitative estimate of drug-likeness (QED) is 0.672. The van der Waals surface area contributed by atoms with Crippen LogP contribution in [0, 0.1) is 0 Å². The Labute approximate surface area is 112 Å². The first-order valence-corrected chi connectivity index (χ1v) is 7.89. The Hall–Kier alpha value is -0.200. The summed E-state index contributed by atoms with van der Waals surface area (Å²) in [6.07, 6.45) is 0. The van der Waals surface area contributed by atoms with E-state index in [4.69, 9.17) is 5.73 Å². The van der Waals surface area contributed by atoms with Gasteiger partial charge in [0.05, 0.1) is 10.3 Å². The van der Waals surface area contributed by atoms with Gasteiger partial charge in [-0.25, -0.2) is 4.99 Å². The van der Waals surface area contributed by atoms with Crippen LogP contribution >= 0.6 is 39.0 Å². The molecule has 0 aromatic carbocycles. The molecule has 1 saturated heterocycles. The number of hydrogen-bond donors (Lipinski definition) is 1. The van der Waals surface area contributed by atoms with Gasteiger partial charge >= 0.3 is 0 Å². The summed E-state index contributed by atoms with van der Waals surface area (Å²) >= 11 is 7.13. The summed E-state index contributed by atoms with van der Waals surface area (Å²) in [7, 11) is 0. The lowest BCUT2D eigenvalue weighted by Crippen LogP contribution is -2.42. The number of guanidine groups is 1. The second-order valence-corrected chi connectivity index (χ2v) is 7.25. The third-order valence-electron chi connectivity index (χ3n) is 2.36. The van der Waals surface area contributed by atoms with Gasteiger partial charge in [-0.05, 0) is 28.1 Å². The molecule has 1 aromatic heterocycles. The number of nitrogens with two attached hydrogens (primary N) is 1. The molecule has 1 aromatic rings. The third kappa shape index (κ3) is 3.40. The van der Waals surface area contributed by atoms with Gasteiger partial charge in [0.2, 0.25) is 0 Å². The smallest absolute Gasteiger partial charge is 0.191 e. The van der Waals surface area contributed by atoms with Gasteiger partial charge in [-0.15, -0.1) is 11.3 Å². The van der Waals surface area contributed by atoms with Gasteiger partial charge in [0, 0.05) is 29.5 Å². The summed E-state index contributed by atoms with van der Waals surface area (Å²) < 4.78 is 1.14. The molecule has 0 radical (unpaired) electrons. The van der Waals surface area contributed by atoms with Gasteiger partial charge in [0.1, 0.15) is 0 Å². The van der Waals surface area contributed by atoms with Crippen molar-refractivity contribution in [1.82, 2.24) is 4.90 Å². The normalized spacial score (nSPS) is 17.8. The summed E-state index contributed by atoms with van der Waals surface area (Å²) in [6.45, 7) is 2.73. The number of hydrogen-bond acceptors (Lipinski definition) is 3. The second-order valence-electron chi connectivity index (χ2n) is 3.48. The molecule has 0 bridgehead atoms. The highest BCUT2D eigenvalue weighted by Crippen LogP contribution is 2.22. The molecule has 2 N–H and O–H groups in total. The van der Waals surface area contributed by atoms with Crippen molar-refractivity contribution in [3.05, 3.63) is 20.8 Å². The van der Waals surface area contributed by atoms with Crippen LogP contribution < -0.4 is 5.73 Å². The Morgan fingerprint density at radius 2 is 2.19 bits per heavy atom. The lowest BCUT2D eigenvalue weighted by atomic mass is 10.5. The van der Waals surface area contributed by atoms with Gasteiger partial charge in [-0.3, -0.25) is 0 Å². The minimum Gasteiger partial charge on any atom is -0.370 e. The summed E-state index contributed by atoms with van der Waals surface area (Å²) in [5.41, 5.74) is 5.96. The predicted octanol–water partition coefficient (Wildman–Crippen LogP) is 2.37. The molecular formula is C10H14BrN3S2. The number of rotatable bonds is 2. The van der Waals surface area contributed by atoms with Crippen molar-refractivity contribution < 1.29 is 0 Å². The zero-order valence-corrected chi connectivity index (χ0v) is 12.1. The highest BCUT2D eigenvalue weighted by atomic mass is 79.9. The largest absolute Gasteiger partial charge is 0.370 e. The number of thiophene rings is 1. The molecule has 3 nitrogen and oxygen atoms in total. The molecule has 0 atom stereocenters. The van der Waals surface area contributed by atoms with Crippen LogP contribution in [0.5, 0.6) is 0 Å². The Bertz CT molecular complexity index is 372. The Kier molecular flexibility index (Phi) is 4.55. The summed E-state index contributed by atoms with van der Waals surface area (Å²) in [4.78, 5) is 7.84. The highest BCUT2D eigenvalue weighted by molar-refractivity contribution is 9.11. The van der Waals surface area contributed by atoms with Crippen LogP contribution in [0.4, 0.5) is 0 Å². The Balaban J connectivity index is 1.90. The van der Waals surface area contributed by atoms with Crippen molar-refractivity contribution >= 4 is 45.0 Å². The highest BCUT2D eigenvalue weighted by Gasteiger charge is 2.11. The van der Waals surface area contributed by atoms with Gasteiger partial charge in [0.25, 0.3) is 0 Å². The topological polar surface area (TPSA) is 41.6 Å². The number of aliphatic imine (C=N–C) groups is 1. The Morgan fingerprint density at radius 1 is 1.44 bits per heavy atom. The first-order valence-electron chi connectivity index (χ1n) is 5.12. The van der Waals surface area contributed by atoms with Crippen molar-refractivity contribution in [2.24, 2.45) is 10.7 Å². The second kappa shape index (κ2) is 5.93. The van der Waals surface area contributed by atoms with E-state index in [1.54, 1.807) is 11.3 Å². The number of thioether (sulfide) groups is 1. The van der Waals surface area contributed by atoms with E-state index in [9.17, 15) is 0 Å². The maximum Gasteiger partial charge on any atom is 0.191 e. The monoisotopic (exact) mass is 319 g/mol. The predicted molar refractivity (Wildman–Crippen MR) is 76.2 cm³/mol. The van der Waals surface area contributed by atoms with Crippen LogP contribution in [0.3, 0.4) is 0 Å². The average molecular weight is 320 g/mol.